The first-order valence-electron chi connectivity index (χ1n) is 7.03. The Morgan fingerprint density at radius 3 is 2.43 bits per heavy atom. The number of aromatic nitrogens is 2. The molecule has 0 radical (unpaired) electrons. The highest BCUT2D eigenvalue weighted by molar-refractivity contribution is 7.91. The molecule has 1 aromatic heterocycles. The van der Waals surface area contributed by atoms with Crippen molar-refractivity contribution in [2.45, 2.75) is 31.9 Å². The van der Waals surface area contributed by atoms with E-state index in [1.807, 2.05) is 0 Å². The summed E-state index contributed by atoms with van der Waals surface area (Å²) in [7, 11) is -3.25. The van der Waals surface area contributed by atoms with Crippen molar-refractivity contribution in [2.75, 3.05) is 5.75 Å². The second-order valence-corrected chi connectivity index (χ2v) is 6.98. The number of hydrogen-bond acceptors (Lipinski definition) is 6. The molecule has 23 heavy (non-hydrogen) atoms. The van der Waals surface area contributed by atoms with Gasteiger partial charge in [0.05, 0.1) is 17.2 Å². The van der Waals surface area contributed by atoms with E-state index in [9.17, 15) is 18.5 Å². The molecule has 124 valence electrons. The van der Waals surface area contributed by atoms with E-state index in [-0.39, 0.29) is 23.1 Å². The summed E-state index contributed by atoms with van der Waals surface area (Å²) in [6.07, 6.45) is 1.19. The Balaban J connectivity index is 2.11. The summed E-state index contributed by atoms with van der Waals surface area (Å²) < 4.78 is 30.4. The van der Waals surface area contributed by atoms with Crippen molar-refractivity contribution in [3.8, 4) is 5.75 Å². The van der Waals surface area contributed by atoms with Gasteiger partial charge in [0.2, 0.25) is 5.82 Å². The molecule has 0 unspecified atom stereocenters. The molecule has 8 nitrogen and oxygen atoms in total. The smallest absolute Gasteiger partial charge is 0.342 e. The topological polar surface area (TPSA) is 104 Å². The van der Waals surface area contributed by atoms with Gasteiger partial charge in [-0.25, -0.2) is 18.0 Å². The molecule has 2 rings (SSSR count). The highest BCUT2D eigenvalue weighted by atomic mass is 32.2. The summed E-state index contributed by atoms with van der Waals surface area (Å²) in [6, 6.07) is 6.05. The SMILES string of the molecule is CCn1c([N+](=O)[O-])cnc1COc1ccc(S(=O)(=O)CC)cc1. The Morgan fingerprint density at radius 2 is 1.91 bits per heavy atom. The Morgan fingerprint density at radius 1 is 1.26 bits per heavy atom. The highest BCUT2D eigenvalue weighted by Crippen LogP contribution is 2.19. The van der Waals surface area contributed by atoms with Crippen LogP contribution >= 0.6 is 0 Å². The van der Waals surface area contributed by atoms with E-state index in [0.29, 0.717) is 18.1 Å². The van der Waals surface area contributed by atoms with Crippen LogP contribution in [0, 0.1) is 10.1 Å². The maximum atomic E-state index is 11.7. The molecule has 1 aromatic carbocycles. The third-order valence-electron chi connectivity index (χ3n) is 3.35. The largest absolute Gasteiger partial charge is 0.483 e. The summed E-state index contributed by atoms with van der Waals surface area (Å²) in [6.45, 7) is 3.82. The van der Waals surface area contributed by atoms with Crippen LogP contribution in [0.4, 0.5) is 5.82 Å². The number of nitro groups is 1. The number of rotatable bonds is 7. The fraction of sp³-hybridized carbons (Fsp3) is 0.357. The van der Waals surface area contributed by atoms with E-state index in [2.05, 4.69) is 4.98 Å². The van der Waals surface area contributed by atoms with Gasteiger partial charge in [0.1, 0.15) is 11.9 Å². The van der Waals surface area contributed by atoms with Gasteiger partial charge in [-0.15, -0.1) is 0 Å². The molecule has 0 amide bonds. The van der Waals surface area contributed by atoms with Gasteiger partial charge in [-0.2, -0.15) is 0 Å². The molecule has 0 aliphatic rings. The fourth-order valence-electron chi connectivity index (χ4n) is 2.07. The van der Waals surface area contributed by atoms with Crippen LogP contribution in [0.25, 0.3) is 0 Å². The molecule has 2 aromatic rings. The molecule has 0 aliphatic heterocycles. The van der Waals surface area contributed by atoms with Crippen LogP contribution in [0.2, 0.25) is 0 Å². The third kappa shape index (κ3) is 3.67. The van der Waals surface area contributed by atoms with Crippen LogP contribution in [0.3, 0.4) is 0 Å². The number of ether oxygens (including phenoxy) is 1. The number of sulfone groups is 1. The number of imidazole rings is 1. The van der Waals surface area contributed by atoms with Crippen LogP contribution in [-0.2, 0) is 23.0 Å². The van der Waals surface area contributed by atoms with Gasteiger partial charge >= 0.3 is 5.82 Å². The first-order chi connectivity index (χ1) is 10.9. The number of hydrogen-bond donors (Lipinski definition) is 0. The van der Waals surface area contributed by atoms with Crippen LogP contribution in [0.5, 0.6) is 5.75 Å². The molecule has 0 N–H and O–H groups in total. The lowest BCUT2D eigenvalue weighted by Crippen LogP contribution is -2.08. The predicted molar refractivity (Wildman–Crippen MR) is 83.1 cm³/mol. The first kappa shape index (κ1) is 16.9. The van der Waals surface area contributed by atoms with Crippen molar-refractivity contribution in [3.63, 3.8) is 0 Å². The van der Waals surface area contributed by atoms with E-state index in [1.165, 1.54) is 22.9 Å². The van der Waals surface area contributed by atoms with Gasteiger partial charge in [0, 0.05) is 0 Å². The van der Waals surface area contributed by atoms with Crippen LogP contribution < -0.4 is 4.74 Å². The molecule has 0 spiro atoms. The summed E-state index contributed by atoms with van der Waals surface area (Å²) in [5.74, 6) is 0.846. The normalized spacial score (nSPS) is 11.4. The van der Waals surface area contributed by atoms with E-state index in [1.54, 1.807) is 26.0 Å². The van der Waals surface area contributed by atoms with E-state index in [0.717, 1.165) is 0 Å². The number of nitrogens with zero attached hydrogens (tertiary/aromatic N) is 3. The molecule has 0 bridgehead atoms. The lowest BCUT2D eigenvalue weighted by molar-refractivity contribution is -0.392. The van der Waals surface area contributed by atoms with Crippen molar-refractivity contribution >= 4 is 15.7 Å². The second kappa shape index (κ2) is 6.78. The zero-order chi connectivity index (χ0) is 17.0. The molecule has 9 heteroatoms. The van der Waals surface area contributed by atoms with Gasteiger partial charge in [0.25, 0.3) is 0 Å². The van der Waals surface area contributed by atoms with Crippen molar-refractivity contribution in [3.05, 3.63) is 46.4 Å². The molecule has 0 fully saturated rings. The van der Waals surface area contributed by atoms with Crippen LogP contribution in [-0.4, -0.2) is 28.6 Å². The minimum absolute atomic E-state index is 0.0325. The van der Waals surface area contributed by atoms with Crippen LogP contribution in [0.15, 0.2) is 35.4 Å². The predicted octanol–water partition coefficient (Wildman–Crippen LogP) is 2.18. The molecular weight excluding hydrogens is 322 g/mol. The van der Waals surface area contributed by atoms with Crippen molar-refractivity contribution in [1.82, 2.24) is 9.55 Å². The second-order valence-electron chi connectivity index (χ2n) is 4.70. The Hall–Kier alpha value is -2.42. The first-order valence-corrected chi connectivity index (χ1v) is 8.68. The van der Waals surface area contributed by atoms with Crippen molar-refractivity contribution in [2.24, 2.45) is 0 Å². The van der Waals surface area contributed by atoms with E-state index < -0.39 is 14.8 Å². The molecule has 0 atom stereocenters. The summed E-state index contributed by atoms with van der Waals surface area (Å²) >= 11 is 0. The van der Waals surface area contributed by atoms with Gasteiger partial charge < -0.3 is 14.9 Å². The fourth-order valence-corrected chi connectivity index (χ4v) is 2.95. The van der Waals surface area contributed by atoms with Gasteiger partial charge in [-0.05, 0) is 36.1 Å². The van der Waals surface area contributed by atoms with E-state index >= 15 is 0 Å². The highest BCUT2D eigenvalue weighted by Gasteiger charge is 2.19. The average Bonchev–Trinajstić information content (AvgIpc) is 2.96. The maximum absolute atomic E-state index is 11.7. The minimum atomic E-state index is -3.25. The van der Waals surface area contributed by atoms with Gasteiger partial charge in [-0.3, -0.25) is 0 Å². The lowest BCUT2D eigenvalue weighted by Gasteiger charge is -2.07. The average molecular weight is 339 g/mol. The minimum Gasteiger partial charge on any atom is -0.483 e. The van der Waals surface area contributed by atoms with Crippen LogP contribution in [0.1, 0.15) is 19.7 Å². The summed E-state index contributed by atoms with van der Waals surface area (Å²) in [5.41, 5.74) is 0. The summed E-state index contributed by atoms with van der Waals surface area (Å²) in [4.78, 5) is 14.6. The third-order valence-corrected chi connectivity index (χ3v) is 5.10. The van der Waals surface area contributed by atoms with E-state index in [4.69, 9.17) is 4.74 Å². The quantitative estimate of drug-likeness (QED) is 0.565. The standard InChI is InChI=1S/C14H17N3O5S/c1-3-16-13(15-9-14(16)17(18)19)10-22-11-5-7-12(8-6-11)23(20,21)4-2/h5-9H,3-4,10H2,1-2H3. The molecular formula is C14H17N3O5S. The Bertz CT molecular complexity index is 796. The van der Waals surface area contributed by atoms with Gasteiger partial charge in [0.15, 0.2) is 16.4 Å². The molecule has 1 heterocycles. The Labute approximate surface area is 133 Å². The number of benzene rings is 1. The molecule has 0 aliphatic carbocycles. The lowest BCUT2D eigenvalue weighted by atomic mass is 10.3. The van der Waals surface area contributed by atoms with Crippen molar-refractivity contribution in [1.29, 1.82) is 0 Å². The molecule has 0 saturated heterocycles. The van der Waals surface area contributed by atoms with Gasteiger partial charge in [-0.1, -0.05) is 6.92 Å². The Kier molecular flexibility index (Phi) is 4.99. The summed E-state index contributed by atoms with van der Waals surface area (Å²) in [5, 5.41) is 10.9. The monoisotopic (exact) mass is 339 g/mol. The zero-order valence-electron chi connectivity index (χ0n) is 12.8. The molecule has 0 saturated carbocycles. The van der Waals surface area contributed by atoms with Crippen molar-refractivity contribution < 1.29 is 18.1 Å². The zero-order valence-corrected chi connectivity index (χ0v) is 13.6. The maximum Gasteiger partial charge on any atom is 0.342 e.